The van der Waals surface area contributed by atoms with E-state index in [0.717, 1.165) is 31.7 Å². The maximum Gasteiger partial charge on any atom is 0.204 e. The van der Waals surface area contributed by atoms with Crippen molar-refractivity contribution in [1.29, 1.82) is 0 Å². The molecule has 6 heteroatoms. The minimum Gasteiger partial charge on any atom is -0.381 e. The summed E-state index contributed by atoms with van der Waals surface area (Å²) < 4.78 is 7.10. The van der Waals surface area contributed by atoms with Gasteiger partial charge >= 0.3 is 0 Å². The van der Waals surface area contributed by atoms with E-state index in [-0.39, 0.29) is 0 Å². The van der Waals surface area contributed by atoms with E-state index in [1.165, 1.54) is 0 Å². The molecule has 16 heavy (non-hydrogen) atoms. The molecule has 90 valence electrons. The van der Waals surface area contributed by atoms with Gasteiger partial charge in [-0.15, -0.1) is 0 Å². The Morgan fingerprint density at radius 2 is 2.12 bits per heavy atom. The number of rotatable bonds is 3. The maximum absolute atomic E-state index is 5.99. The molecule has 0 aromatic carbocycles. The Labute approximate surface area is 105 Å². The Kier molecular flexibility index (Phi) is 4.08. The van der Waals surface area contributed by atoms with E-state index in [1.54, 1.807) is 4.57 Å². The summed E-state index contributed by atoms with van der Waals surface area (Å²) in [7, 11) is 1.86. The van der Waals surface area contributed by atoms with Gasteiger partial charge in [-0.25, -0.2) is 4.98 Å². The second-order valence-corrected chi connectivity index (χ2v) is 4.64. The first-order valence-corrected chi connectivity index (χ1v) is 6.12. The summed E-state index contributed by atoms with van der Waals surface area (Å²) in [5, 5.41) is 4.35. The van der Waals surface area contributed by atoms with Crippen LogP contribution in [0.2, 0.25) is 10.4 Å². The number of aromatic nitrogens is 2. The van der Waals surface area contributed by atoms with E-state index in [4.69, 9.17) is 27.9 Å². The molecule has 1 aromatic heterocycles. The molecule has 1 aliphatic heterocycles. The van der Waals surface area contributed by atoms with Gasteiger partial charge in [-0.2, -0.15) is 0 Å². The minimum atomic E-state index is 0.425. The second-order valence-electron chi connectivity index (χ2n) is 3.94. The molecule has 0 bridgehead atoms. The van der Waals surface area contributed by atoms with E-state index < -0.39 is 0 Å². The lowest BCUT2D eigenvalue weighted by atomic mass is 10.1. The van der Waals surface area contributed by atoms with Gasteiger partial charge in [0, 0.05) is 32.8 Å². The van der Waals surface area contributed by atoms with Crippen molar-refractivity contribution in [2.75, 3.05) is 13.2 Å². The Morgan fingerprint density at radius 3 is 2.69 bits per heavy atom. The lowest BCUT2D eigenvalue weighted by molar-refractivity contribution is 0.0774. The standard InChI is InChI=1S/C10H15Cl2N3O/c1-15-8(9(11)14-10(15)12)6-13-7-2-4-16-5-3-7/h7,13H,2-6H2,1H3. The zero-order chi connectivity index (χ0) is 11.5. The summed E-state index contributed by atoms with van der Waals surface area (Å²) >= 11 is 11.9. The van der Waals surface area contributed by atoms with E-state index in [9.17, 15) is 0 Å². The molecule has 0 spiro atoms. The fraction of sp³-hybridized carbons (Fsp3) is 0.700. The van der Waals surface area contributed by atoms with Gasteiger partial charge in [0.15, 0.2) is 5.15 Å². The summed E-state index contributed by atoms with van der Waals surface area (Å²) in [5.41, 5.74) is 0.929. The van der Waals surface area contributed by atoms with E-state index >= 15 is 0 Å². The maximum atomic E-state index is 5.99. The van der Waals surface area contributed by atoms with Crippen molar-refractivity contribution >= 4 is 23.2 Å². The topological polar surface area (TPSA) is 39.1 Å². The van der Waals surface area contributed by atoms with Crippen molar-refractivity contribution in [1.82, 2.24) is 14.9 Å². The fourth-order valence-electron chi connectivity index (χ4n) is 1.80. The number of ether oxygens (including phenoxy) is 1. The number of hydrogen-bond acceptors (Lipinski definition) is 3. The first-order valence-electron chi connectivity index (χ1n) is 5.36. The quantitative estimate of drug-likeness (QED) is 0.907. The van der Waals surface area contributed by atoms with Crippen molar-refractivity contribution in [2.45, 2.75) is 25.4 Å². The molecule has 0 amide bonds. The van der Waals surface area contributed by atoms with Gasteiger partial charge in [0.1, 0.15) is 0 Å². The van der Waals surface area contributed by atoms with E-state index in [2.05, 4.69) is 10.3 Å². The summed E-state index contributed by atoms with van der Waals surface area (Å²) in [6.07, 6.45) is 2.09. The smallest absolute Gasteiger partial charge is 0.204 e. The molecule has 1 aromatic rings. The molecular weight excluding hydrogens is 249 g/mol. The summed E-state index contributed by atoms with van der Waals surface area (Å²) in [6.45, 7) is 2.36. The third-order valence-corrected chi connectivity index (χ3v) is 3.53. The molecule has 1 saturated heterocycles. The average Bonchev–Trinajstić information content (AvgIpc) is 2.53. The van der Waals surface area contributed by atoms with E-state index in [0.29, 0.717) is 23.0 Å². The van der Waals surface area contributed by atoms with Crippen molar-refractivity contribution in [3.63, 3.8) is 0 Å². The molecular formula is C10H15Cl2N3O. The average molecular weight is 264 g/mol. The highest BCUT2D eigenvalue weighted by molar-refractivity contribution is 6.32. The molecule has 1 aliphatic rings. The molecule has 4 nitrogen and oxygen atoms in total. The van der Waals surface area contributed by atoms with E-state index in [1.807, 2.05) is 7.05 Å². The predicted octanol–water partition coefficient (Wildman–Crippen LogP) is 2.00. The van der Waals surface area contributed by atoms with Crippen LogP contribution in [-0.2, 0) is 18.3 Å². The number of nitrogens with zero attached hydrogens (tertiary/aromatic N) is 2. The lowest BCUT2D eigenvalue weighted by Crippen LogP contribution is -2.34. The van der Waals surface area contributed by atoms with Gasteiger partial charge in [-0.3, -0.25) is 0 Å². The SMILES string of the molecule is Cn1c(Cl)nc(Cl)c1CNC1CCOCC1. The molecule has 1 fully saturated rings. The van der Waals surface area contributed by atoms with Crippen LogP contribution in [-0.4, -0.2) is 28.8 Å². The third kappa shape index (κ3) is 2.69. The fourth-order valence-corrected chi connectivity index (χ4v) is 2.31. The Balaban J connectivity index is 1.93. The Bertz CT molecular complexity index is 361. The summed E-state index contributed by atoms with van der Waals surface area (Å²) in [6, 6.07) is 0.499. The van der Waals surface area contributed by atoms with Crippen molar-refractivity contribution in [2.24, 2.45) is 7.05 Å². The van der Waals surface area contributed by atoms with Gasteiger partial charge in [0.25, 0.3) is 0 Å². The molecule has 0 radical (unpaired) electrons. The molecule has 0 aliphatic carbocycles. The zero-order valence-electron chi connectivity index (χ0n) is 9.17. The monoisotopic (exact) mass is 263 g/mol. The van der Waals surface area contributed by atoms with Crippen molar-refractivity contribution < 1.29 is 4.74 Å². The van der Waals surface area contributed by atoms with Crippen LogP contribution in [0.15, 0.2) is 0 Å². The molecule has 0 atom stereocenters. The van der Waals surface area contributed by atoms with Crippen molar-refractivity contribution in [3.8, 4) is 0 Å². The van der Waals surface area contributed by atoms with Gasteiger partial charge in [-0.1, -0.05) is 11.6 Å². The summed E-state index contributed by atoms with van der Waals surface area (Å²) in [4.78, 5) is 4.00. The van der Waals surface area contributed by atoms with Gasteiger partial charge < -0.3 is 14.6 Å². The van der Waals surface area contributed by atoms with Crippen LogP contribution < -0.4 is 5.32 Å². The number of hydrogen-bond donors (Lipinski definition) is 1. The highest BCUT2D eigenvalue weighted by atomic mass is 35.5. The van der Waals surface area contributed by atoms with Crippen LogP contribution >= 0.6 is 23.2 Å². The van der Waals surface area contributed by atoms with Crippen LogP contribution in [0.25, 0.3) is 0 Å². The van der Waals surface area contributed by atoms with Gasteiger partial charge in [0.2, 0.25) is 5.28 Å². The third-order valence-electron chi connectivity index (χ3n) is 2.89. The number of nitrogens with one attached hydrogen (secondary N) is 1. The van der Waals surface area contributed by atoms with Crippen molar-refractivity contribution in [3.05, 3.63) is 16.1 Å². The van der Waals surface area contributed by atoms with Crippen LogP contribution in [0.5, 0.6) is 0 Å². The largest absolute Gasteiger partial charge is 0.381 e. The highest BCUT2D eigenvalue weighted by Crippen LogP contribution is 2.19. The first-order chi connectivity index (χ1) is 7.68. The highest BCUT2D eigenvalue weighted by Gasteiger charge is 2.16. The molecule has 2 heterocycles. The van der Waals surface area contributed by atoms with Gasteiger partial charge in [0.05, 0.1) is 5.69 Å². The zero-order valence-corrected chi connectivity index (χ0v) is 10.7. The Hall–Kier alpha value is -0.290. The summed E-state index contributed by atoms with van der Waals surface area (Å²) in [5.74, 6) is 0. The molecule has 1 N–H and O–H groups in total. The van der Waals surface area contributed by atoms with Gasteiger partial charge in [-0.05, 0) is 24.4 Å². The normalized spacial score (nSPS) is 17.9. The predicted molar refractivity (Wildman–Crippen MR) is 63.9 cm³/mol. The number of imidazole rings is 1. The molecule has 2 rings (SSSR count). The first kappa shape index (κ1) is 12.2. The van der Waals surface area contributed by atoms with Crippen LogP contribution in [0.4, 0.5) is 0 Å². The minimum absolute atomic E-state index is 0.425. The second kappa shape index (κ2) is 5.36. The Morgan fingerprint density at radius 1 is 1.44 bits per heavy atom. The van der Waals surface area contributed by atoms with Crippen LogP contribution in [0, 0.1) is 0 Å². The van der Waals surface area contributed by atoms with Crippen LogP contribution in [0.1, 0.15) is 18.5 Å². The van der Waals surface area contributed by atoms with Crippen LogP contribution in [0.3, 0.4) is 0 Å². The molecule has 0 unspecified atom stereocenters. The number of halogens is 2. The lowest BCUT2D eigenvalue weighted by Gasteiger charge is -2.23. The molecule has 0 saturated carbocycles.